The van der Waals surface area contributed by atoms with E-state index in [2.05, 4.69) is 17.2 Å². The SMILES string of the molecule is COC(=O)c1cccc2cn(-c3ccc([C@@H]4CCCN(C(=O)OC(C)(C)C)C4)cc3)nc12. The van der Waals surface area contributed by atoms with E-state index in [0.717, 1.165) is 30.5 Å². The predicted octanol–water partition coefficient (Wildman–Crippen LogP) is 4.93. The molecule has 1 aliphatic heterocycles. The lowest BCUT2D eigenvalue weighted by molar-refractivity contribution is 0.0198. The summed E-state index contributed by atoms with van der Waals surface area (Å²) in [6.45, 7) is 7.04. The second kappa shape index (κ2) is 8.65. The highest BCUT2D eigenvalue weighted by Crippen LogP contribution is 2.29. The molecule has 0 saturated carbocycles. The first kappa shape index (κ1) is 21.9. The summed E-state index contributed by atoms with van der Waals surface area (Å²) >= 11 is 0. The van der Waals surface area contributed by atoms with Crippen LogP contribution in [0, 0.1) is 0 Å². The molecule has 3 aromatic rings. The van der Waals surface area contributed by atoms with E-state index in [0.29, 0.717) is 17.6 Å². The first-order valence-corrected chi connectivity index (χ1v) is 10.9. The highest BCUT2D eigenvalue weighted by Gasteiger charge is 2.28. The molecule has 0 bridgehead atoms. The number of methoxy groups -OCH3 is 1. The van der Waals surface area contributed by atoms with Crippen molar-refractivity contribution < 1.29 is 19.1 Å². The van der Waals surface area contributed by atoms with E-state index in [9.17, 15) is 9.59 Å². The third-order valence-corrected chi connectivity index (χ3v) is 5.64. The van der Waals surface area contributed by atoms with Crippen molar-refractivity contribution >= 4 is 23.0 Å². The molecule has 168 valence electrons. The highest BCUT2D eigenvalue weighted by atomic mass is 16.6. The molecule has 7 heteroatoms. The van der Waals surface area contributed by atoms with Gasteiger partial charge in [-0.3, -0.25) is 0 Å². The molecule has 1 fully saturated rings. The number of ether oxygens (including phenoxy) is 2. The Morgan fingerprint density at radius 3 is 2.53 bits per heavy atom. The summed E-state index contributed by atoms with van der Waals surface area (Å²) in [7, 11) is 1.37. The fraction of sp³-hybridized carbons (Fsp3) is 0.400. The van der Waals surface area contributed by atoms with Gasteiger partial charge in [-0.1, -0.05) is 24.3 Å². The summed E-state index contributed by atoms with van der Waals surface area (Å²) in [5.41, 5.74) is 2.66. The molecule has 7 nitrogen and oxygen atoms in total. The summed E-state index contributed by atoms with van der Waals surface area (Å²) < 4.78 is 12.2. The molecule has 2 heterocycles. The molecule has 0 aliphatic carbocycles. The van der Waals surface area contributed by atoms with Gasteiger partial charge in [-0.15, -0.1) is 0 Å². The van der Waals surface area contributed by atoms with E-state index in [1.165, 1.54) is 12.7 Å². The molecule has 1 aliphatic rings. The smallest absolute Gasteiger partial charge is 0.410 e. The average molecular weight is 436 g/mol. The molecule has 2 aromatic carbocycles. The van der Waals surface area contributed by atoms with Crippen LogP contribution in [-0.4, -0.2) is 52.5 Å². The molecular weight excluding hydrogens is 406 g/mol. The number of carbonyl (C=O) groups is 2. The topological polar surface area (TPSA) is 73.7 Å². The van der Waals surface area contributed by atoms with Crippen LogP contribution in [0.4, 0.5) is 4.79 Å². The maximum Gasteiger partial charge on any atom is 0.410 e. The van der Waals surface area contributed by atoms with Crippen LogP contribution in [0.15, 0.2) is 48.7 Å². The highest BCUT2D eigenvalue weighted by molar-refractivity contribution is 6.02. The van der Waals surface area contributed by atoms with Crippen molar-refractivity contribution in [2.45, 2.75) is 45.1 Å². The number of piperidine rings is 1. The van der Waals surface area contributed by atoms with Crippen molar-refractivity contribution in [3.05, 3.63) is 59.8 Å². The summed E-state index contributed by atoms with van der Waals surface area (Å²) in [6, 6.07) is 13.7. The average Bonchev–Trinajstić information content (AvgIpc) is 3.22. The van der Waals surface area contributed by atoms with Gasteiger partial charge >= 0.3 is 12.1 Å². The first-order valence-electron chi connectivity index (χ1n) is 10.9. The van der Waals surface area contributed by atoms with Gasteiger partial charge in [-0.25, -0.2) is 14.3 Å². The van der Waals surface area contributed by atoms with Gasteiger partial charge in [0.1, 0.15) is 11.1 Å². The number of likely N-dealkylation sites (tertiary alicyclic amines) is 1. The van der Waals surface area contributed by atoms with E-state index < -0.39 is 11.6 Å². The molecule has 1 aromatic heterocycles. The van der Waals surface area contributed by atoms with Gasteiger partial charge in [-0.05, 0) is 57.4 Å². The Bertz CT molecular complexity index is 1130. The zero-order chi connectivity index (χ0) is 22.9. The van der Waals surface area contributed by atoms with Crippen LogP contribution in [0.5, 0.6) is 0 Å². The Kier molecular flexibility index (Phi) is 5.91. The number of fused-ring (bicyclic) bond motifs is 1. The number of amides is 1. The van der Waals surface area contributed by atoms with Crippen molar-refractivity contribution in [3.8, 4) is 5.69 Å². The minimum Gasteiger partial charge on any atom is -0.465 e. The number of hydrogen-bond donors (Lipinski definition) is 0. The number of nitrogens with zero attached hydrogens (tertiary/aromatic N) is 3. The Morgan fingerprint density at radius 2 is 1.84 bits per heavy atom. The van der Waals surface area contributed by atoms with Crippen LogP contribution in [0.2, 0.25) is 0 Å². The van der Waals surface area contributed by atoms with Crippen LogP contribution in [0.1, 0.15) is 55.5 Å². The predicted molar refractivity (Wildman–Crippen MR) is 122 cm³/mol. The third-order valence-electron chi connectivity index (χ3n) is 5.64. The zero-order valence-corrected chi connectivity index (χ0v) is 19.0. The molecule has 1 atom stereocenters. The molecule has 0 unspecified atom stereocenters. The Hall–Kier alpha value is -3.35. The van der Waals surface area contributed by atoms with Crippen LogP contribution < -0.4 is 0 Å². The van der Waals surface area contributed by atoms with Gasteiger partial charge in [0.2, 0.25) is 0 Å². The second-order valence-electron chi connectivity index (χ2n) is 9.17. The second-order valence-corrected chi connectivity index (χ2v) is 9.17. The number of carbonyl (C=O) groups excluding carboxylic acids is 2. The maximum atomic E-state index is 12.5. The number of hydrogen-bond acceptors (Lipinski definition) is 5. The van der Waals surface area contributed by atoms with E-state index in [4.69, 9.17) is 9.47 Å². The van der Waals surface area contributed by atoms with Gasteiger partial charge in [-0.2, -0.15) is 5.10 Å². The molecule has 32 heavy (non-hydrogen) atoms. The molecule has 1 saturated heterocycles. The van der Waals surface area contributed by atoms with Gasteiger partial charge in [0, 0.05) is 30.6 Å². The van der Waals surface area contributed by atoms with E-state index in [-0.39, 0.29) is 12.0 Å². The third kappa shape index (κ3) is 4.61. The fourth-order valence-corrected chi connectivity index (χ4v) is 4.09. The van der Waals surface area contributed by atoms with Crippen molar-refractivity contribution in [1.82, 2.24) is 14.7 Å². The minimum absolute atomic E-state index is 0.247. The quantitative estimate of drug-likeness (QED) is 0.546. The minimum atomic E-state index is -0.493. The molecule has 0 spiro atoms. The standard InChI is InChI=1S/C25H29N3O4/c1-25(2,3)32-24(30)27-14-6-8-18(15-27)17-10-12-20(13-11-17)28-16-19-7-5-9-21(22(19)26-28)23(29)31-4/h5,7,9-13,16,18H,6,8,14-15H2,1-4H3/t18-/m1/s1. The van der Waals surface area contributed by atoms with Crippen LogP contribution in [0.25, 0.3) is 16.6 Å². The van der Waals surface area contributed by atoms with Crippen molar-refractivity contribution in [1.29, 1.82) is 0 Å². The molecule has 4 rings (SSSR count). The lowest BCUT2D eigenvalue weighted by Crippen LogP contribution is -2.42. The molecule has 0 N–H and O–H groups in total. The zero-order valence-electron chi connectivity index (χ0n) is 19.0. The molecular formula is C25H29N3O4. The van der Waals surface area contributed by atoms with E-state index in [1.54, 1.807) is 10.7 Å². The molecule has 0 radical (unpaired) electrons. The largest absolute Gasteiger partial charge is 0.465 e. The van der Waals surface area contributed by atoms with Crippen molar-refractivity contribution in [3.63, 3.8) is 0 Å². The monoisotopic (exact) mass is 435 g/mol. The summed E-state index contributed by atoms with van der Waals surface area (Å²) in [5.74, 6) is -0.129. The van der Waals surface area contributed by atoms with Gasteiger partial charge in [0.25, 0.3) is 0 Å². The number of aromatic nitrogens is 2. The lowest BCUT2D eigenvalue weighted by atomic mass is 9.91. The Morgan fingerprint density at radius 1 is 1.09 bits per heavy atom. The summed E-state index contributed by atoms with van der Waals surface area (Å²) in [6.07, 6.45) is 3.64. The summed E-state index contributed by atoms with van der Waals surface area (Å²) in [4.78, 5) is 26.3. The van der Waals surface area contributed by atoms with Crippen molar-refractivity contribution in [2.24, 2.45) is 0 Å². The summed E-state index contributed by atoms with van der Waals surface area (Å²) in [5, 5.41) is 5.48. The van der Waals surface area contributed by atoms with Crippen LogP contribution in [-0.2, 0) is 9.47 Å². The molecule has 1 amide bonds. The number of benzene rings is 2. The van der Waals surface area contributed by atoms with Crippen LogP contribution in [0.3, 0.4) is 0 Å². The Labute approximate surface area is 187 Å². The maximum absolute atomic E-state index is 12.5. The first-order chi connectivity index (χ1) is 15.2. The fourth-order valence-electron chi connectivity index (χ4n) is 4.09. The van der Waals surface area contributed by atoms with E-state index >= 15 is 0 Å². The van der Waals surface area contributed by atoms with Crippen molar-refractivity contribution in [2.75, 3.05) is 20.2 Å². The lowest BCUT2D eigenvalue weighted by Gasteiger charge is -2.34. The van der Waals surface area contributed by atoms with Gasteiger partial charge in [0.15, 0.2) is 0 Å². The van der Waals surface area contributed by atoms with Gasteiger partial charge < -0.3 is 14.4 Å². The van der Waals surface area contributed by atoms with E-state index in [1.807, 2.05) is 56.1 Å². The normalized spacial score (nSPS) is 16.8. The van der Waals surface area contributed by atoms with Crippen LogP contribution >= 0.6 is 0 Å². The van der Waals surface area contributed by atoms with Gasteiger partial charge in [0.05, 0.1) is 18.4 Å². The Balaban J connectivity index is 1.52. The number of rotatable bonds is 3. The number of esters is 1.